The van der Waals surface area contributed by atoms with Crippen LogP contribution in [0.15, 0.2) is 42.5 Å². The molecule has 0 amide bonds. The van der Waals surface area contributed by atoms with Crippen molar-refractivity contribution in [3.05, 3.63) is 53.6 Å². The molecule has 5 nitrogen and oxygen atoms in total. The first-order valence-electron chi connectivity index (χ1n) is 7.55. The minimum Gasteiger partial charge on any atom is -0.497 e. The topological polar surface area (TPSA) is 54.0 Å². The Morgan fingerprint density at radius 1 is 0.923 bits per heavy atom. The predicted molar refractivity (Wildman–Crippen MR) is 92.5 cm³/mol. The zero-order valence-electron chi connectivity index (χ0n) is 14.5. The van der Waals surface area contributed by atoms with Crippen molar-refractivity contribution in [1.29, 1.82) is 0 Å². The average molecular weight is 364 g/mol. The molecule has 0 saturated carbocycles. The number of ketones is 1. The Balaban J connectivity index is 2.23. The monoisotopic (exact) mass is 364 g/mol. The number of rotatable bonds is 8. The van der Waals surface area contributed by atoms with Crippen LogP contribution in [0.4, 0.5) is 8.78 Å². The third kappa shape index (κ3) is 4.72. The highest BCUT2D eigenvalue weighted by molar-refractivity contribution is 6.07. The zero-order valence-corrected chi connectivity index (χ0v) is 14.5. The molecule has 0 bridgehead atoms. The molecule has 0 aromatic heterocycles. The number of alkyl halides is 2. The van der Waals surface area contributed by atoms with Gasteiger partial charge in [0.15, 0.2) is 17.3 Å². The minimum absolute atomic E-state index is 0.0478. The Hall–Kier alpha value is -3.09. The van der Waals surface area contributed by atoms with Gasteiger partial charge in [0.25, 0.3) is 0 Å². The summed E-state index contributed by atoms with van der Waals surface area (Å²) < 4.78 is 44.4. The molecule has 0 heterocycles. The van der Waals surface area contributed by atoms with E-state index in [0.29, 0.717) is 17.1 Å². The predicted octanol–water partition coefficient (Wildman–Crippen LogP) is 4.21. The van der Waals surface area contributed by atoms with Crippen LogP contribution in [0.3, 0.4) is 0 Å². The van der Waals surface area contributed by atoms with Gasteiger partial charge < -0.3 is 18.9 Å². The van der Waals surface area contributed by atoms with Gasteiger partial charge in [-0.05, 0) is 42.5 Å². The molecule has 0 saturated heterocycles. The van der Waals surface area contributed by atoms with Crippen molar-refractivity contribution < 1.29 is 32.5 Å². The number of methoxy groups -OCH3 is 3. The van der Waals surface area contributed by atoms with E-state index >= 15 is 0 Å². The van der Waals surface area contributed by atoms with Gasteiger partial charge in [-0.25, -0.2) is 0 Å². The maximum Gasteiger partial charge on any atom is 0.387 e. The van der Waals surface area contributed by atoms with Gasteiger partial charge in [0.05, 0.1) is 21.3 Å². The van der Waals surface area contributed by atoms with E-state index in [-0.39, 0.29) is 22.8 Å². The summed E-state index contributed by atoms with van der Waals surface area (Å²) >= 11 is 0. The lowest BCUT2D eigenvalue weighted by Crippen LogP contribution is -2.04. The van der Waals surface area contributed by atoms with Crippen molar-refractivity contribution in [2.24, 2.45) is 0 Å². The Morgan fingerprint density at radius 3 is 2.27 bits per heavy atom. The lowest BCUT2D eigenvalue weighted by molar-refractivity contribution is -0.0512. The number of ether oxygens (including phenoxy) is 4. The molecule has 2 aromatic rings. The van der Waals surface area contributed by atoms with Crippen molar-refractivity contribution in [3.8, 4) is 23.0 Å². The van der Waals surface area contributed by atoms with E-state index < -0.39 is 6.61 Å². The maximum atomic E-state index is 12.4. The number of carbonyl (C=O) groups is 1. The van der Waals surface area contributed by atoms with Gasteiger partial charge >= 0.3 is 6.61 Å². The molecule has 0 fully saturated rings. The summed E-state index contributed by atoms with van der Waals surface area (Å²) in [7, 11) is 4.36. The molecule has 0 aliphatic rings. The molecular formula is C19H18F2O5. The summed E-state index contributed by atoms with van der Waals surface area (Å²) in [6.45, 7) is -2.98. The molecule has 26 heavy (non-hydrogen) atoms. The van der Waals surface area contributed by atoms with Crippen molar-refractivity contribution in [2.45, 2.75) is 6.61 Å². The second-order valence-electron chi connectivity index (χ2n) is 5.05. The summed E-state index contributed by atoms with van der Waals surface area (Å²) in [4.78, 5) is 12.3. The molecule has 138 valence electrons. The van der Waals surface area contributed by atoms with Crippen LogP contribution in [-0.2, 0) is 0 Å². The van der Waals surface area contributed by atoms with Crippen LogP contribution < -0.4 is 18.9 Å². The SMILES string of the molecule is COc1ccc(C=CC(=O)c2ccc(OC(F)F)c(OC)c2)c(OC)c1. The molecule has 0 unspecified atom stereocenters. The Labute approximate surface area is 149 Å². The van der Waals surface area contributed by atoms with Gasteiger partial charge in [-0.2, -0.15) is 8.78 Å². The Bertz CT molecular complexity index is 803. The van der Waals surface area contributed by atoms with Crippen LogP contribution >= 0.6 is 0 Å². The van der Waals surface area contributed by atoms with Crippen LogP contribution in [0.5, 0.6) is 23.0 Å². The third-order valence-electron chi connectivity index (χ3n) is 3.52. The van der Waals surface area contributed by atoms with Crippen LogP contribution in [0.2, 0.25) is 0 Å². The second-order valence-corrected chi connectivity index (χ2v) is 5.05. The van der Waals surface area contributed by atoms with Crippen molar-refractivity contribution in [1.82, 2.24) is 0 Å². The standard InChI is InChI=1S/C19H18F2O5/c1-23-14-7-4-12(17(11-14)24-2)5-8-15(22)13-6-9-16(26-19(20)21)18(10-13)25-3/h4-11,19H,1-3H3. The first-order chi connectivity index (χ1) is 12.5. The van der Waals surface area contributed by atoms with Gasteiger partial charge in [0.2, 0.25) is 0 Å². The summed E-state index contributed by atoms with van der Waals surface area (Å²) in [5.74, 6) is 0.757. The van der Waals surface area contributed by atoms with Gasteiger partial charge in [-0.1, -0.05) is 0 Å². The second kappa shape index (κ2) is 8.84. The largest absolute Gasteiger partial charge is 0.497 e. The molecule has 2 aromatic carbocycles. The van der Waals surface area contributed by atoms with Crippen LogP contribution in [0.25, 0.3) is 6.08 Å². The highest BCUT2D eigenvalue weighted by Crippen LogP contribution is 2.30. The summed E-state index contributed by atoms with van der Waals surface area (Å²) in [6, 6.07) is 9.19. The van der Waals surface area contributed by atoms with Crippen molar-refractivity contribution in [3.63, 3.8) is 0 Å². The highest BCUT2D eigenvalue weighted by Gasteiger charge is 2.13. The Morgan fingerprint density at radius 2 is 1.65 bits per heavy atom. The van der Waals surface area contributed by atoms with Gasteiger partial charge in [-0.15, -0.1) is 0 Å². The van der Waals surface area contributed by atoms with Gasteiger partial charge in [0, 0.05) is 17.2 Å². The smallest absolute Gasteiger partial charge is 0.387 e. The minimum atomic E-state index is -2.98. The summed E-state index contributed by atoms with van der Waals surface area (Å²) in [6.07, 6.45) is 2.95. The number of hydrogen-bond donors (Lipinski definition) is 0. The highest BCUT2D eigenvalue weighted by atomic mass is 19.3. The molecular weight excluding hydrogens is 346 g/mol. The van der Waals surface area contributed by atoms with Gasteiger partial charge in [-0.3, -0.25) is 4.79 Å². The van der Waals surface area contributed by atoms with Crippen molar-refractivity contribution in [2.75, 3.05) is 21.3 Å². The van der Waals surface area contributed by atoms with E-state index in [4.69, 9.17) is 14.2 Å². The van der Waals surface area contributed by atoms with E-state index in [1.807, 2.05) is 0 Å². The number of halogens is 2. The molecule has 0 spiro atoms. The van der Waals surface area contributed by atoms with Crippen LogP contribution in [0, 0.1) is 0 Å². The molecule has 0 aliphatic carbocycles. The first-order valence-corrected chi connectivity index (χ1v) is 7.55. The fraction of sp³-hybridized carbons (Fsp3) is 0.211. The zero-order chi connectivity index (χ0) is 19.1. The molecule has 7 heteroatoms. The lowest BCUT2D eigenvalue weighted by Gasteiger charge is -2.10. The third-order valence-corrected chi connectivity index (χ3v) is 3.52. The van der Waals surface area contributed by atoms with E-state index in [1.165, 1.54) is 38.5 Å². The first kappa shape index (κ1) is 19.2. The number of benzene rings is 2. The van der Waals surface area contributed by atoms with E-state index in [2.05, 4.69) is 4.74 Å². The van der Waals surface area contributed by atoms with E-state index in [1.54, 1.807) is 31.4 Å². The average Bonchev–Trinajstić information content (AvgIpc) is 2.65. The fourth-order valence-corrected chi connectivity index (χ4v) is 2.23. The van der Waals surface area contributed by atoms with Crippen LogP contribution in [0.1, 0.15) is 15.9 Å². The number of carbonyl (C=O) groups excluding carboxylic acids is 1. The fourth-order valence-electron chi connectivity index (χ4n) is 2.23. The number of allylic oxidation sites excluding steroid dienone is 1. The van der Waals surface area contributed by atoms with E-state index in [0.717, 1.165) is 0 Å². The van der Waals surface area contributed by atoms with Gasteiger partial charge in [0.1, 0.15) is 11.5 Å². The number of hydrogen-bond acceptors (Lipinski definition) is 5. The summed E-state index contributed by atoms with van der Waals surface area (Å²) in [5.41, 5.74) is 0.957. The Kier molecular flexibility index (Phi) is 6.54. The summed E-state index contributed by atoms with van der Waals surface area (Å²) in [5, 5.41) is 0. The normalized spacial score (nSPS) is 10.8. The molecule has 0 N–H and O–H groups in total. The molecule has 0 atom stereocenters. The van der Waals surface area contributed by atoms with Crippen molar-refractivity contribution >= 4 is 11.9 Å². The molecule has 2 rings (SSSR count). The maximum absolute atomic E-state index is 12.4. The van der Waals surface area contributed by atoms with E-state index in [9.17, 15) is 13.6 Å². The molecule has 0 radical (unpaired) electrons. The lowest BCUT2D eigenvalue weighted by atomic mass is 10.1. The molecule has 0 aliphatic heterocycles. The van der Waals surface area contributed by atoms with Crippen LogP contribution in [-0.4, -0.2) is 33.7 Å². The quantitative estimate of drug-likeness (QED) is 0.519.